The van der Waals surface area contributed by atoms with Crippen molar-refractivity contribution in [3.63, 3.8) is 0 Å². The number of benzene rings is 1. The summed E-state index contributed by atoms with van der Waals surface area (Å²) in [7, 11) is 1.76. The number of nitrogens with zero attached hydrogens (tertiary/aromatic N) is 1. The topological polar surface area (TPSA) is 32.3 Å². The Labute approximate surface area is 84.9 Å². The highest BCUT2D eigenvalue weighted by Crippen LogP contribution is 2.31. The van der Waals surface area contributed by atoms with Gasteiger partial charge >= 0.3 is 6.03 Å². The molecule has 0 unspecified atom stereocenters. The van der Waals surface area contributed by atoms with Crippen molar-refractivity contribution >= 4 is 27.6 Å². The molecule has 0 radical (unpaired) electrons. The third-order valence-corrected chi connectivity index (χ3v) is 2.78. The van der Waals surface area contributed by atoms with Crippen LogP contribution in [0.3, 0.4) is 0 Å². The van der Waals surface area contributed by atoms with Crippen LogP contribution in [0.15, 0.2) is 22.7 Å². The Morgan fingerprint density at radius 1 is 1.54 bits per heavy atom. The Kier molecular flexibility index (Phi) is 2.00. The number of carbonyl (C=O) groups excluding carboxylic acids is 1. The summed E-state index contributed by atoms with van der Waals surface area (Å²) >= 11 is 3.43. The van der Waals surface area contributed by atoms with Gasteiger partial charge in [0.2, 0.25) is 0 Å². The molecule has 68 valence electrons. The largest absolute Gasteiger partial charge is 0.334 e. The molecule has 0 atom stereocenters. The monoisotopic (exact) mass is 240 g/mol. The van der Waals surface area contributed by atoms with Gasteiger partial charge in [-0.05, 0) is 27.6 Å². The fourth-order valence-corrected chi connectivity index (χ4v) is 2.14. The molecule has 1 aliphatic heterocycles. The van der Waals surface area contributed by atoms with E-state index >= 15 is 0 Å². The third kappa shape index (κ3) is 1.31. The summed E-state index contributed by atoms with van der Waals surface area (Å²) in [4.78, 5) is 12.9. The lowest BCUT2D eigenvalue weighted by molar-refractivity contribution is 0.246. The van der Waals surface area contributed by atoms with E-state index in [2.05, 4.69) is 21.2 Å². The number of fused-ring (bicyclic) bond motifs is 1. The molecule has 1 heterocycles. The SMILES string of the molecule is CN1C(=O)NCc2cccc(Br)c21. The minimum atomic E-state index is -0.0561. The third-order valence-electron chi connectivity index (χ3n) is 2.14. The maximum atomic E-state index is 11.3. The molecule has 0 saturated carbocycles. The zero-order valence-electron chi connectivity index (χ0n) is 7.17. The van der Waals surface area contributed by atoms with Crippen molar-refractivity contribution in [1.29, 1.82) is 0 Å². The van der Waals surface area contributed by atoms with Gasteiger partial charge in [-0.2, -0.15) is 0 Å². The average molecular weight is 241 g/mol. The number of carbonyl (C=O) groups is 1. The smallest absolute Gasteiger partial charge is 0.321 e. The Morgan fingerprint density at radius 3 is 3.08 bits per heavy atom. The predicted molar refractivity (Wildman–Crippen MR) is 54.8 cm³/mol. The summed E-state index contributed by atoms with van der Waals surface area (Å²) in [6.07, 6.45) is 0. The molecule has 13 heavy (non-hydrogen) atoms. The van der Waals surface area contributed by atoms with Crippen molar-refractivity contribution in [2.75, 3.05) is 11.9 Å². The molecule has 1 aromatic rings. The van der Waals surface area contributed by atoms with E-state index in [1.165, 1.54) is 0 Å². The number of hydrogen-bond acceptors (Lipinski definition) is 1. The maximum Gasteiger partial charge on any atom is 0.321 e. The first-order chi connectivity index (χ1) is 6.20. The highest BCUT2D eigenvalue weighted by molar-refractivity contribution is 9.10. The van der Waals surface area contributed by atoms with Crippen LogP contribution < -0.4 is 10.2 Å². The summed E-state index contributed by atoms with van der Waals surface area (Å²) in [5.41, 5.74) is 2.10. The quantitative estimate of drug-likeness (QED) is 0.741. The van der Waals surface area contributed by atoms with Gasteiger partial charge in [0, 0.05) is 18.1 Å². The first-order valence-corrected chi connectivity index (χ1v) is 4.78. The van der Waals surface area contributed by atoms with Gasteiger partial charge in [0.15, 0.2) is 0 Å². The number of amides is 2. The van der Waals surface area contributed by atoms with Gasteiger partial charge in [-0.25, -0.2) is 4.79 Å². The highest BCUT2D eigenvalue weighted by atomic mass is 79.9. The van der Waals surface area contributed by atoms with E-state index < -0.39 is 0 Å². The zero-order valence-corrected chi connectivity index (χ0v) is 8.76. The standard InChI is InChI=1S/C9H9BrN2O/c1-12-8-6(5-11-9(12)13)3-2-4-7(8)10/h2-4H,5H2,1H3,(H,11,13). The van der Waals surface area contributed by atoms with Gasteiger partial charge < -0.3 is 5.32 Å². The molecule has 2 rings (SSSR count). The molecule has 1 aromatic carbocycles. The maximum absolute atomic E-state index is 11.3. The van der Waals surface area contributed by atoms with E-state index in [9.17, 15) is 4.79 Å². The number of halogens is 1. The minimum absolute atomic E-state index is 0.0561. The van der Waals surface area contributed by atoms with Gasteiger partial charge in [0.1, 0.15) is 0 Å². The van der Waals surface area contributed by atoms with Crippen LogP contribution in [0.1, 0.15) is 5.56 Å². The molecule has 1 N–H and O–H groups in total. The Morgan fingerprint density at radius 2 is 2.31 bits per heavy atom. The van der Waals surface area contributed by atoms with E-state index in [1.807, 2.05) is 18.2 Å². The van der Waals surface area contributed by atoms with Gasteiger partial charge in [0.05, 0.1) is 5.69 Å². The molecule has 1 aliphatic rings. The first kappa shape index (κ1) is 8.56. The average Bonchev–Trinajstić information content (AvgIpc) is 2.12. The Balaban J connectivity index is 2.57. The molecule has 0 spiro atoms. The molecule has 0 aromatic heterocycles. The summed E-state index contributed by atoms with van der Waals surface area (Å²) in [6, 6.07) is 5.86. The van der Waals surface area contributed by atoms with Crippen molar-refractivity contribution in [2.24, 2.45) is 0 Å². The van der Waals surface area contributed by atoms with Crippen LogP contribution in [-0.4, -0.2) is 13.1 Å². The fraction of sp³-hybridized carbons (Fsp3) is 0.222. The zero-order chi connectivity index (χ0) is 9.42. The van der Waals surface area contributed by atoms with Crippen LogP contribution >= 0.6 is 15.9 Å². The van der Waals surface area contributed by atoms with Crippen LogP contribution in [-0.2, 0) is 6.54 Å². The van der Waals surface area contributed by atoms with Crippen LogP contribution in [0.4, 0.5) is 10.5 Å². The normalized spacial score (nSPS) is 15.2. The number of nitrogens with one attached hydrogen (secondary N) is 1. The summed E-state index contributed by atoms with van der Waals surface area (Å²) in [6.45, 7) is 0.609. The van der Waals surface area contributed by atoms with Crippen LogP contribution in [0.25, 0.3) is 0 Å². The number of urea groups is 1. The summed E-state index contributed by atoms with van der Waals surface area (Å²) in [5.74, 6) is 0. The van der Waals surface area contributed by atoms with E-state index in [-0.39, 0.29) is 6.03 Å². The fourth-order valence-electron chi connectivity index (χ4n) is 1.47. The van der Waals surface area contributed by atoms with Crippen molar-refractivity contribution in [2.45, 2.75) is 6.54 Å². The lowest BCUT2D eigenvalue weighted by Gasteiger charge is -2.27. The molecule has 3 nitrogen and oxygen atoms in total. The second kappa shape index (κ2) is 3.03. The Hall–Kier alpha value is -1.03. The molecule has 0 aliphatic carbocycles. The molecule has 2 amide bonds. The molecular formula is C9H9BrN2O. The summed E-state index contributed by atoms with van der Waals surface area (Å²) in [5, 5.41) is 2.78. The van der Waals surface area contributed by atoms with Gasteiger partial charge in [-0.15, -0.1) is 0 Å². The lowest BCUT2D eigenvalue weighted by atomic mass is 10.1. The summed E-state index contributed by atoms with van der Waals surface area (Å²) < 4.78 is 0.961. The van der Waals surface area contributed by atoms with E-state index in [0.29, 0.717) is 6.54 Å². The molecule has 0 bridgehead atoms. The number of hydrogen-bond donors (Lipinski definition) is 1. The van der Waals surface area contributed by atoms with Crippen LogP contribution in [0.2, 0.25) is 0 Å². The van der Waals surface area contributed by atoms with Crippen molar-refractivity contribution < 1.29 is 4.79 Å². The Bertz CT molecular complexity index is 365. The lowest BCUT2D eigenvalue weighted by Crippen LogP contribution is -2.41. The predicted octanol–water partition coefficient (Wildman–Crippen LogP) is 2.11. The van der Waals surface area contributed by atoms with Gasteiger partial charge in [-0.1, -0.05) is 12.1 Å². The van der Waals surface area contributed by atoms with Crippen molar-refractivity contribution in [3.05, 3.63) is 28.2 Å². The van der Waals surface area contributed by atoms with E-state index in [4.69, 9.17) is 0 Å². The molecule has 0 saturated heterocycles. The highest BCUT2D eigenvalue weighted by Gasteiger charge is 2.21. The van der Waals surface area contributed by atoms with E-state index in [1.54, 1.807) is 11.9 Å². The minimum Gasteiger partial charge on any atom is -0.334 e. The molecule has 0 fully saturated rings. The first-order valence-electron chi connectivity index (χ1n) is 3.99. The molecule has 4 heteroatoms. The molecular weight excluding hydrogens is 232 g/mol. The van der Waals surface area contributed by atoms with E-state index in [0.717, 1.165) is 15.7 Å². The van der Waals surface area contributed by atoms with Crippen LogP contribution in [0.5, 0.6) is 0 Å². The van der Waals surface area contributed by atoms with Gasteiger partial charge in [0.25, 0.3) is 0 Å². The second-order valence-corrected chi connectivity index (χ2v) is 3.82. The number of anilines is 1. The van der Waals surface area contributed by atoms with Crippen molar-refractivity contribution in [3.8, 4) is 0 Å². The second-order valence-electron chi connectivity index (χ2n) is 2.97. The number of rotatable bonds is 0. The van der Waals surface area contributed by atoms with Crippen molar-refractivity contribution in [1.82, 2.24) is 5.32 Å². The number of para-hydroxylation sites is 1. The van der Waals surface area contributed by atoms with Gasteiger partial charge in [-0.3, -0.25) is 4.90 Å². The van der Waals surface area contributed by atoms with Crippen LogP contribution in [0, 0.1) is 0 Å².